The zero-order valence-corrected chi connectivity index (χ0v) is 14.0. The minimum absolute atomic E-state index is 0.0965. The maximum atomic E-state index is 12.0. The van der Waals surface area contributed by atoms with Crippen molar-refractivity contribution in [2.45, 2.75) is 58.7 Å². The van der Waals surface area contributed by atoms with E-state index in [1.165, 1.54) is 25.3 Å². The molecular formula is C17H28N2O3. The van der Waals surface area contributed by atoms with E-state index in [4.69, 9.17) is 4.74 Å². The molecule has 5 nitrogen and oxygen atoms in total. The lowest BCUT2D eigenvalue weighted by atomic mass is 10.0. The summed E-state index contributed by atoms with van der Waals surface area (Å²) >= 11 is 0. The number of aromatic nitrogens is 1. The quantitative estimate of drug-likeness (QED) is 0.819. The molecule has 1 unspecified atom stereocenters. The zero-order valence-electron chi connectivity index (χ0n) is 14.0. The smallest absolute Gasteiger partial charge is 0.223 e. The number of rotatable bonds is 6. The maximum absolute atomic E-state index is 12.0. The zero-order chi connectivity index (χ0) is 16.1. The van der Waals surface area contributed by atoms with Gasteiger partial charge >= 0.3 is 0 Å². The van der Waals surface area contributed by atoms with Crippen molar-refractivity contribution in [3.8, 4) is 5.75 Å². The highest BCUT2D eigenvalue weighted by Crippen LogP contribution is 2.23. The standard InChI is InChI=1S/C17H28N2O3/c1-13-7-4-5-8-18(13)12-15-17(21)16(20)11-14(2)19(15)9-6-10-22-3/h11,13,21H,4-10,12H2,1-3H3. The Hall–Kier alpha value is -1.33. The van der Waals surface area contributed by atoms with Crippen molar-refractivity contribution in [3.05, 3.63) is 27.7 Å². The summed E-state index contributed by atoms with van der Waals surface area (Å²) in [4.78, 5) is 14.3. The van der Waals surface area contributed by atoms with Gasteiger partial charge in [0.15, 0.2) is 5.75 Å². The molecule has 0 amide bonds. The number of methoxy groups -OCH3 is 1. The first-order valence-electron chi connectivity index (χ1n) is 8.20. The van der Waals surface area contributed by atoms with Crippen molar-refractivity contribution in [2.75, 3.05) is 20.3 Å². The molecule has 124 valence electrons. The van der Waals surface area contributed by atoms with Crippen LogP contribution in [0.15, 0.2) is 10.9 Å². The maximum Gasteiger partial charge on any atom is 0.223 e. The van der Waals surface area contributed by atoms with E-state index in [2.05, 4.69) is 16.4 Å². The van der Waals surface area contributed by atoms with Gasteiger partial charge in [0.1, 0.15) is 0 Å². The highest BCUT2D eigenvalue weighted by atomic mass is 16.5. The third-order valence-corrected chi connectivity index (χ3v) is 4.62. The highest BCUT2D eigenvalue weighted by molar-refractivity contribution is 5.30. The summed E-state index contributed by atoms with van der Waals surface area (Å²) in [5, 5.41) is 10.3. The fraction of sp³-hybridized carbons (Fsp3) is 0.706. The Bertz CT molecular complexity index is 554. The molecule has 0 spiro atoms. The van der Waals surface area contributed by atoms with Gasteiger partial charge in [0.05, 0.1) is 5.69 Å². The summed E-state index contributed by atoms with van der Waals surface area (Å²) in [6.45, 7) is 7.24. The van der Waals surface area contributed by atoms with Crippen LogP contribution in [-0.2, 0) is 17.8 Å². The van der Waals surface area contributed by atoms with Gasteiger partial charge in [0.2, 0.25) is 5.43 Å². The number of piperidine rings is 1. The van der Waals surface area contributed by atoms with Crippen LogP contribution in [0.2, 0.25) is 0 Å². The van der Waals surface area contributed by atoms with Crippen molar-refractivity contribution >= 4 is 0 Å². The lowest BCUT2D eigenvalue weighted by Crippen LogP contribution is -2.38. The molecule has 2 heterocycles. The van der Waals surface area contributed by atoms with Crippen molar-refractivity contribution in [2.24, 2.45) is 0 Å². The minimum atomic E-state index is -0.278. The van der Waals surface area contributed by atoms with Gasteiger partial charge in [-0.05, 0) is 39.7 Å². The van der Waals surface area contributed by atoms with Gasteiger partial charge in [-0.2, -0.15) is 0 Å². The first-order valence-corrected chi connectivity index (χ1v) is 8.20. The van der Waals surface area contributed by atoms with Crippen molar-refractivity contribution < 1.29 is 9.84 Å². The molecule has 1 fully saturated rings. The van der Waals surface area contributed by atoms with Crippen LogP contribution in [0.4, 0.5) is 0 Å². The Morgan fingerprint density at radius 3 is 2.86 bits per heavy atom. The molecule has 22 heavy (non-hydrogen) atoms. The van der Waals surface area contributed by atoms with Crippen LogP contribution < -0.4 is 5.43 Å². The second-order valence-corrected chi connectivity index (χ2v) is 6.26. The number of likely N-dealkylation sites (tertiary alicyclic amines) is 1. The number of nitrogens with zero attached hydrogens (tertiary/aromatic N) is 2. The predicted molar refractivity (Wildman–Crippen MR) is 87.3 cm³/mol. The predicted octanol–water partition coefficient (Wildman–Crippen LogP) is 2.27. The van der Waals surface area contributed by atoms with Gasteiger partial charge in [0.25, 0.3) is 0 Å². The van der Waals surface area contributed by atoms with Crippen molar-refractivity contribution in [1.82, 2.24) is 9.47 Å². The number of pyridine rings is 1. The molecule has 0 saturated carbocycles. The molecule has 1 aromatic rings. The average molecular weight is 308 g/mol. The molecule has 1 saturated heterocycles. The third-order valence-electron chi connectivity index (χ3n) is 4.62. The first-order chi connectivity index (χ1) is 10.5. The molecule has 0 aliphatic carbocycles. The summed E-state index contributed by atoms with van der Waals surface area (Å²) in [5.74, 6) is -0.0965. The average Bonchev–Trinajstić information content (AvgIpc) is 2.49. The number of hydrogen-bond acceptors (Lipinski definition) is 4. The van der Waals surface area contributed by atoms with E-state index in [1.807, 2.05) is 6.92 Å². The number of ether oxygens (including phenoxy) is 1. The van der Waals surface area contributed by atoms with Gasteiger partial charge in [-0.1, -0.05) is 6.42 Å². The minimum Gasteiger partial charge on any atom is -0.503 e. The first kappa shape index (κ1) is 17.0. The molecule has 1 atom stereocenters. The molecule has 1 aliphatic heterocycles. The summed E-state index contributed by atoms with van der Waals surface area (Å²) < 4.78 is 7.18. The lowest BCUT2D eigenvalue weighted by molar-refractivity contribution is 0.145. The van der Waals surface area contributed by atoms with E-state index in [0.29, 0.717) is 19.2 Å². The Balaban J connectivity index is 2.28. The lowest BCUT2D eigenvalue weighted by Gasteiger charge is -2.34. The van der Waals surface area contributed by atoms with Crippen molar-refractivity contribution in [3.63, 3.8) is 0 Å². The molecule has 0 bridgehead atoms. The third kappa shape index (κ3) is 3.90. The molecule has 0 radical (unpaired) electrons. The van der Waals surface area contributed by atoms with Gasteiger partial charge in [-0.3, -0.25) is 9.69 Å². The van der Waals surface area contributed by atoms with Crippen LogP contribution >= 0.6 is 0 Å². The van der Waals surface area contributed by atoms with E-state index in [1.54, 1.807) is 7.11 Å². The molecule has 1 N–H and O–H groups in total. The summed E-state index contributed by atoms with van der Waals surface area (Å²) in [5.41, 5.74) is 1.37. The highest BCUT2D eigenvalue weighted by Gasteiger charge is 2.22. The normalized spacial score (nSPS) is 19.5. The summed E-state index contributed by atoms with van der Waals surface area (Å²) in [6, 6.07) is 2.02. The molecule has 0 aromatic carbocycles. The van der Waals surface area contributed by atoms with Gasteiger partial charge in [-0.25, -0.2) is 0 Å². The largest absolute Gasteiger partial charge is 0.503 e. The van der Waals surface area contributed by atoms with Crippen LogP contribution in [0.25, 0.3) is 0 Å². The van der Waals surface area contributed by atoms with E-state index in [9.17, 15) is 9.90 Å². The fourth-order valence-corrected chi connectivity index (χ4v) is 3.24. The van der Waals surface area contributed by atoms with Crippen LogP contribution in [0, 0.1) is 6.92 Å². The Morgan fingerprint density at radius 1 is 1.41 bits per heavy atom. The molecule has 1 aromatic heterocycles. The van der Waals surface area contributed by atoms with E-state index < -0.39 is 0 Å². The van der Waals surface area contributed by atoms with E-state index >= 15 is 0 Å². The summed E-state index contributed by atoms with van der Waals surface area (Å²) in [6.07, 6.45) is 4.49. The van der Waals surface area contributed by atoms with Gasteiger partial charge in [0, 0.05) is 44.6 Å². The molecule has 5 heteroatoms. The van der Waals surface area contributed by atoms with E-state index in [-0.39, 0.29) is 11.2 Å². The molecular weight excluding hydrogens is 280 g/mol. The van der Waals surface area contributed by atoms with Crippen LogP contribution in [0.5, 0.6) is 5.75 Å². The van der Waals surface area contributed by atoms with Crippen LogP contribution in [0.1, 0.15) is 44.0 Å². The fourth-order valence-electron chi connectivity index (χ4n) is 3.24. The number of aromatic hydroxyl groups is 1. The van der Waals surface area contributed by atoms with Crippen LogP contribution in [-0.4, -0.2) is 40.9 Å². The monoisotopic (exact) mass is 308 g/mol. The van der Waals surface area contributed by atoms with Crippen molar-refractivity contribution in [1.29, 1.82) is 0 Å². The Kier molecular flexibility index (Phi) is 6.03. The number of hydrogen-bond donors (Lipinski definition) is 1. The Morgan fingerprint density at radius 2 is 2.18 bits per heavy atom. The molecule has 1 aliphatic rings. The van der Waals surface area contributed by atoms with E-state index in [0.717, 1.165) is 30.9 Å². The second kappa shape index (κ2) is 7.79. The second-order valence-electron chi connectivity index (χ2n) is 6.26. The number of aryl methyl sites for hydroxylation is 1. The topological polar surface area (TPSA) is 54.7 Å². The van der Waals surface area contributed by atoms with Crippen LogP contribution in [0.3, 0.4) is 0 Å². The van der Waals surface area contributed by atoms with Gasteiger partial charge in [-0.15, -0.1) is 0 Å². The summed E-state index contributed by atoms with van der Waals surface area (Å²) in [7, 11) is 1.69. The van der Waals surface area contributed by atoms with Gasteiger partial charge < -0.3 is 14.4 Å². The Labute approximate surface area is 132 Å². The SMILES string of the molecule is COCCCn1c(C)cc(=O)c(O)c1CN1CCCCC1C. The molecule has 2 rings (SSSR count).